The predicted molar refractivity (Wildman–Crippen MR) is 112 cm³/mol. The Kier molecular flexibility index (Phi) is 6.27. The zero-order valence-electron chi connectivity index (χ0n) is 15.8. The fourth-order valence-corrected chi connectivity index (χ4v) is 2.65. The molecule has 0 aliphatic heterocycles. The Hall–Kier alpha value is -4.06. The zero-order chi connectivity index (χ0) is 20.6. The Labute approximate surface area is 168 Å². The number of ether oxygens (including phenoxy) is 2. The monoisotopic (exact) mass is 388 g/mol. The lowest BCUT2D eigenvalue weighted by atomic mass is 10.2. The average molecular weight is 388 g/mol. The van der Waals surface area contributed by atoms with Crippen LogP contribution in [0.5, 0.6) is 17.2 Å². The highest BCUT2D eigenvalue weighted by Gasteiger charge is 2.09. The van der Waals surface area contributed by atoms with E-state index >= 15 is 0 Å². The van der Waals surface area contributed by atoms with Gasteiger partial charge < -0.3 is 20.5 Å². The molecule has 0 unspecified atom stereocenters. The van der Waals surface area contributed by atoms with Crippen molar-refractivity contribution in [1.29, 1.82) is 0 Å². The van der Waals surface area contributed by atoms with Crippen molar-refractivity contribution >= 4 is 23.6 Å². The zero-order valence-corrected chi connectivity index (χ0v) is 15.8. The Balaban J connectivity index is 1.64. The third-order valence-corrected chi connectivity index (χ3v) is 4.06. The molecule has 29 heavy (non-hydrogen) atoms. The number of methoxy groups -OCH3 is 1. The molecule has 3 N–H and O–H groups in total. The van der Waals surface area contributed by atoms with Crippen molar-refractivity contribution in [3.8, 4) is 17.2 Å². The molecule has 0 aromatic heterocycles. The van der Waals surface area contributed by atoms with Crippen LogP contribution in [-0.4, -0.2) is 18.9 Å². The van der Waals surface area contributed by atoms with Gasteiger partial charge in [-0.15, -0.1) is 0 Å². The van der Waals surface area contributed by atoms with Gasteiger partial charge in [0.15, 0.2) is 0 Å². The summed E-state index contributed by atoms with van der Waals surface area (Å²) in [5, 5.41) is 2.77. The fourth-order valence-electron chi connectivity index (χ4n) is 2.65. The first kappa shape index (κ1) is 19.7. The number of hydrogen-bond donors (Lipinski definition) is 2. The van der Waals surface area contributed by atoms with Crippen molar-refractivity contribution < 1.29 is 19.1 Å². The van der Waals surface area contributed by atoms with E-state index in [1.807, 2.05) is 24.3 Å². The first-order valence-corrected chi connectivity index (χ1v) is 8.85. The minimum atomic E-state index is -0.564. The van der Waals surface area contributed by atoms with Gasteiger partial charge in [0, 0.05) is 17.3 Å². The second kappa shape index (κ2) is 9.23. The first-order valence-electron chi connectivity index (χ1n) is 8.85. The van der Waals surface area contributed by atoms with Crippen molar-refractivity contribution in [3.63, 3.8) is 0 Å². The predicted octanol–water partition coefficient (Wildman–Crippen LogP) is 4.24. The molecule has 3 rings (SSSR count). The Morgan fingerprint density at radius 1 is 0.897 bits per heavy atom. The maximum atomic E-state index is 12.2. The lowest BCUT2D eigenvalue weighted by Gasteiger charge is -2.10. The van der Waals surface area contributed by atoms with Gasteiger partial charge in [-0.2, -0.15) is 0 Å². The molecule has 0 bridgehead atoms. The minimum absolute atomic E-state index is 0.274. The summed E-state index contributed by atoms with van der Waals surface area (Å²) < 4.78 is 11.0. The number of rotatable bonds is 7. The number of para-hydroxylation sites is 2. The number of amides is 2. The van der Waals surface area contributed by atoms with Crippen molar-refractivity contribution in [1.82, 2.24) is 0 Å². The molecule has 0 spiro atoms. The normalized spacial score (nSPS) is 10.5. The summed E-state index contributed by atoms with van der Waals surface area (Å²) in [4.78, 5) is 23.6. The van der Waals surface area contributed by atoms with Gasteiger partial charge in [-0.3, -0.25) is 9.59 Å². The highest BCUT2D eigenvalue weighted by atomic mass is 16.5. The molecule has 0 radical (unpaired) electrons. The van der Waals surface area contributed by atoms with E-state index in [2.05, 4.69) is 5.32 Å². The summed E-state index contributed by atoms with van der Waals surface area (Å²) in [6.07, 6.45) is 3.12. The van der Waals surface area contributed by atoms with Crippen LogP contribution in [-0.2, 0) is 4.79 Å². The maximum Gasteiger partial charge on any atom is 0.252 e. The Morgan fingerprint density at radius 2 is 1.55 bits per heavy atom. The number of nitrogens with one attached hydrogen (secondary N) is 1. The van der Waals surface area contributed by atoms with E-state index in [0.717, 1.165) is 5.56 Å². The van der Waals surface area contributed by atoms with Crippen molar-refractivity contribution in [2.24, 2.45) is 5.73 Å². The molecule has 0 atom stereocenters. The molecule has 2 amide bonds. The van der Waals surface area contributed by atoms with Crippen LogP contribution in [0.25, 0.3) is 6.08 Å². The molecule has 0 aliphatic carbocycles. The van der Waals surface area contributed by atoms with Gasteiger partial charge in [0.1, 0.15) is 17.2 Å². The van der Waals surface area contributed by atoms with Crippen LogP contribution in [0.3, 0.4) is 0 Å². The van der Waals surface area contributed by atoms with Crippen LogP contribution in [0.4, 0.5) is 5.69 Å². The average Bonchev–Trinajstić information content (AvgIpc) is 2.74. The summed E-state index contributed by atoms with van der Waals surface area (Å²) in [7, 11) is 1.58. The fraction of sp³-hybridized carbons (Fsp3) is 0.0435. The molecular weight excluding hydrogens is 368 g/mol. The van der Waals surface area contributed by atoms with E-state index in [1.165, 1.54) is 6.08 Å². The number of primary amides is 1. The van der Waals surface area contributed by atoms with Gasteiger partial charge >= 0.3 is 0 Å². The summed E-state index contributed by atoms with van der Waals surface area (Å²) in [6.45, 7) is 0. The molecular formula is C23H20N2O4. The van der Waals surface area contributed by atoms with Crippen LogP contribution in [0.2, 0.25) is 0 Å². The Bertz CT molecular complexity index is 1040. The second-order valence-electron chi connectivity index (χ2n) is 6.05. The summed E-state index contributed by atoms with van der Waals surface area (Å²) in [5.41, 5.74) is 7.07. The Morgan fingerprint density at radius 3 is 2.24 bits per heavy atom. The first-order chi connectivity index (χ1) is 14.1. The third kappa shape index (κ3) is 5.23. The quantitative estimate of drug-likeness (QED) is 0.593. The van der Waals surface area contributed by atoms with Gasteiger partial charge in [0.05, 0.1) is 12.7 Å². The molecule has 0 aliphatic rings. The number of carbonyl (C=O) groups excluding carboxylic acids is 2. The van der Waals surface area contributed by atoms with Crippen LogP contribution in [0.1, 0.15) is 15.9 Å². The van der Waals surface area contributed by atoms with Gasteiger partial charge in [-0.1, -0.05) is 30.3 Å². The topological polar surface area (TPSA) is 90.7 Å². The smallest absolute Gasteiger partial charge is 0.252 e. The molecule has 3 aromatic rings. The van der Waals surface area contributed by atoms with Crippen molar-refractivity contribution in [2.75, 3.05) is 12.4 Å². The lowest BCUT2D eigenvalue weighted by molar-refractivity contribution is -0.111. The van der Waals surface area contributed by atoms with Gasteiger partial charge in [0.2, 0.25) is 5.91 Å². The molecule has 0 saturated heterocycles. The largest absolute Gasteiger partial charge is 0.496 e. The number of benzene rings is 3. The van der Waals surface area contributed by atoms with Crippen LogP contribution in [0, 0.1) is 0 Å². The number of nitrogens with two attached hydrogens (primary N) is 1. The molecule has 0 fully saturated rings. The molecule has 0 saturated carbocycles. The van der Waals surface area contributed by atoms with E-state index in [9.17, 15) is 9.59 Å². The van der Waals surface area contributed by atoms with E-state index in [4.69, 9.17) is 15.2 Å². The van der Waals surface area contributed by atoms with Gasteiger partial charge in [-0.05, 0) is 48.5 Å². The van der Waals surface area contributed by atoms with E-state index in [1.54, 1.807) is 61.7 Å². The van der Waals surface area contributed by atoms with Crippen LogP contribution in [0.15, 0.2) is 78.9 Å². The van der Waals surface area contributed by atoms with Crippen LogP contribution < -0.4 is 20.5 Å². The van der Waals surface area contributed by atoms with E-state index < -0.39 is 5.91 Å². The van der Waals surface area contributed by atoms with E-state index in [0.29, 0.717) is 28.5 Å². The summed E-state index contributed by atoms with van der Waals surface area (Å²) >= 11 is 0. The van der Waals surface area contributed by atoms with Gasteiger partial charge in [-0.25, -0.2) is 0 Å². The summed E-state index contributed by atoms with van der Waals surface area (Å²) in [6, 6.07) is 20.9. The standard InChI is InChI=1S/C23H20N2O4/c1-28-20-8-4-2-6-16(20)10-15-22(26)25-17-11-13-18(14-12-17)29-21-9-5-3-7-19(21)23(24)27/h2-15H,1H3,(H2,24,27)(H,25,26). The number of carbonyl (C=O) groups is 2. The molecule has 0 heterocycles. The molecule has 3 aromatic carbocycles. The number of hydrogen-bond acceptors (Lipinski definition) is 4. The second-order valence-corrected chi connectivity index (χ2v) is 6.05. The minimum Gasteiger partial charge on any atom is -0.496 e. The third-order valence-electron chi connectivity index (χ3n) is 4.06. The van der Waals surface area contributed by atoms with Crippen molar-refractivity contribution in [2.45, 2.75) is 0 Å². The van der Waals surface area contributed by atoms with E-state index in [-0.39, 0.29) is 5.91 Å². The number of anilines is 1. The molecule has 6 nitrogen and oxygen atoms in total. The van der Waals surface area contributed by atoms with Gasteiger partial charge in [0.25, 0.3) is 5.91 Å². The highest BCUT2D eigenvalue weighted by molar-refractivity contribution is 6.02. The lowest BCUT2D eigenvalue weighted by Crippen LogP contribution is -2.12. The molecule has 6 heteroatoms. The maximum absolute atomic E-state index is 12.2. The molecule has 146 valence electrons. The summed E-state index contributed by atoms with van der Waals surface area (Å²) in [5.74, 6) is 0.738. The van der Waals surface area contributed by atoms with Crippen molar-refractivity contribution in [3.05, 3.63) is 90.0 Å². The van der Waals surface area contributed by atoms with Crippen LogP contribution >= 0.6 is 0 Å². The SMILES string of the molecule is COc1ccccc1C=CC(=O)Nc1ccc(Oc2ccccc2C(N)=O)cc1. The highest BCUT2D eigenvalue weighted by Crippen LogP contribution is 2.26.